The molecule has 0 spiro atoms. The molecule has 17 heavy (non-hydrogen) atoms. The minimum absolute atomic E-state index is 0.273. The summed E-state index contributed by atoms with van der Waals surface area (Å²) in [7, 11) is 0. The van der Waals surface area contributed by atoms with Crippen LogP contribution in [-0.2, 0) is 0 Å². The Kier molecular flexibility index (Phi) is 3.33. The Bertz CT molecular complexity index is 394. The SMILES string of the molecule is O=C(O)c1ccc(NCC2(O)CCCC2)cc1. The lowest BCUT2D eigenvalue weighted by atomic mass is 10.0. The minimum atomic E-state index is -0.925. The molecular weight excluding hydrogens is 218 g/mol. The summed E-state index contributed by atoms with van der Waals surface area (Å²) in [5, 5.41) is 22.0. The summed E-state index contributed by atoms with van der Waals surface area (Å²) in [5.74, 6) is -0.925. The Morgan fingerprint density at radius 3 is 2.35 bits per heavy atom. The van der Waals surface area contributed by atoms with Crippen LogP contribution in [0.15, 0.2) is 24.3 Å². The molecule has 1 aliphatic rings. The Morgan fingerprint density at radius 2 is 1.82 bits per heavy atom. The summed E-state index contributed by atoms with van der Waals surface area (Å²) in [6, 6.07) is 6.57. The Morgan fingerprint density at radius 1 is 1.24 bits per heavy atom. The fraction of sp³-hybridized carbons (Fsp3) is 0.462. The first-order valence-electron chi connectivity index (χ1n) is 5.89. The van der Waals surface area contributed by atoms with Gasteiger partial charge >= 0.3 is 5.97 Å². The van der Waals surface area contributed by atoms with Gasteiger partial charge in [0.2, 0.25) is 0 Å². The topological polar surface area (TPSA) is 69.6 Å². The average molecular weight is 235 g/mol. The smallest absolute Gasteiger partial charge is 0.335 e. The number of carbonyl (C=O) groups is 1. The standard InChI is InChI=1S/C13H17NO3/c15-12(16)10-3-5-11(6-4-10)14-9-13(17)7-1-2-8-13/h3-6,14,17H,1-2,7-9H2,(H,15,16). The predicted molar refractivity (Wildman–Crippen MR) is 65.3 cm³/mol. The number of benzene rings is 1. The highest BCUT2D eigenvalue weighted by atomic mass is 16.4. The second-order valence-corrected chi connectivity index (χ2v) is 4.67. The first-order chi connectivity index (χ1) is 8.09. The predicted octanol–water partition coefficient (Wildman–Crippen LogP) is 2.10. The molecule has 92 valence electrons. The van der Waals surface area contributed by atoms with Crippen molar-refractivity contribution in [2.24, 2.45) is 0 Å². The van der Waals surface area contributed by atoms with Crippen molar-refractivity contribution in [2.75, 3.05) is 11.9 Å². The van der Waals surface area contributed by atoms with E-state index in [4.69, 9.17) is 5.11 Å². The molecule has 0 bridgehead atoms. The lowest BCUT2D eigenvalue weighted by Gasteiger charge is -2.23. The second-order valence-electron chi connectivity index (χ2n) is 4.67. The number of aromatic carboxylic acids is 1. The highest BCUT2D eigenvalue weighted by Crippen LogP contribution is 2.29. The van der Waals surface area contributed by atoms with Crippen LogP contribution in [0.2, 0.25) is 0 Å². The van der Waals surface area contributed by atoms with E-state index in [1.165, 1.54) is 0 Å². The largest absolute Gasteiger partial charge is 0.478 e. The van der Waals surface area contributed by atoms with Crippen molar-refractivity contribution in [3.05, 3.63) is 29.8 Å². The molecule has 1 aromatic rings. The second kappa shape index (κ2) is 4.75. The lowest BCUT2D eigenvalue weighted by Crippen LogP contribution is -2.33. The van der Waals surface area contributed by atoms with Crippen molar-refractivity contribution in [3.8, 4) is 0 Å². The van der Waals surface area contributed by atoms with Gasteiger partial charge in [-0.05, 0) is 37.1 Å². The van der Waals surface area contributed by atoms with Crippen LogP contribution < -0.4 is 5.32 Å². The molecule has 0 unspecified atom stereocenters. The third-order valence-electron chi connectivity index (χ3n) is 3.29. The molecule has 1 fully saturated rings. The third-order valence-corrected chi connectivity index (χ3v) is 3.29. The van der Waals surface area contributed by atoms with E-state index in [0.29, 0.717) is 6.54 Å². The molecule has 4 nitrogen and oxygen atoms in total. The summed E-state index contributed by atoms with van der Waals surface area (Å²) < 4.78 is 0. The maximum atomic E-state index is 10.7. The van der Waals surface area contributed by atoms with Gasteiger partial charge in [-0.3, -0.25) is 0 Å². The fourth-order valence-corrected chi connectivity index (χ4v) is 2.21. The fourth-order valence-electron chi connectivity index (χ4n) is 2.21. The normalized spacial score (nSPS) is 17.9. The van der Waals surface area contributed by atoms with Crippen molar-refractivity contribution in [3.63, 3.8) is 0 Å². The van der Waals surface area contributed by atoms with Crippen molar-refractivity contribution in [1.29, 1.82) is 0 Å². The van der Waals surface area contributed by atoms with E-state index in [1.54, 1.807) is 24.3 Å². The van der Waals surface area contributed by atoms with Gasteiger partial charge in [0.25, 0.3) is 0 Å². The molecule has 0 saturated heterocycles. The molecule has 1 aromatic carbocycles. The van der Waals surface area contributed by atoms with Crippen molar-refractivity contribution >= 4 is 11.7 Å². The number of rotatable bonds is 4. The Labute approximate surface area is 100 Å². The number of nitrogens with one attached hydrogen (secondary N) is 1. The molecule has 3 N–H and O–H groups in total. The van der Waals surface area contributed by atoms with Crippen molar-refractivity contribution in [1.82, 2.24) is 0 Å². The Balaban J connectivity index is 1.93. The van der Waals surface area contributed by atoms with Gasteiger partial charge in [-0.2, -0.15) is 0 Å². The number of aliphatic hydroxyl groups is 1. The van der Waals surface area contributed by atoms with Crippen LogP contribution in [0, 0.1) is 0 Å². The quantitative estimate of drug-likeness (QED) is 0.747. The highest BCUT2D eigenvalue weighted by molar-refractivity contribution is 5.87. The molecule has 0 atom stereocenters. The zero-order valence-corrected chi connectivity index (χ0v) is 9.65. The maximum Gasteiger partial charge on any atom is 0.335 e. The van der Waals surface area contributed by atoms with Gasteiger partial charge in [0.05, 0.1) is 11.2 Å². The zero-order chi connectivity index (χ0) is 12.3. The molecule has 0 radical (unpaired) electrons. The molecule has 0 aliphatic heterocycles. The van der Waals surface area contributed by atoms with E-state index >= 15 is 0 Å². The first kappa shape index (κ1) is 11.9. The van der Waals surface area contributed by atoms with E-state index in [0.717, 1.165) is 31.4 Å². The van der Waals surface area contributed by atoms with Crippen molar-refractivity contribution in [2.45, 2.75) is 31.3 Å². The van der Waals surface area contributed by atoms with Crippen LogP contribution in [0.5, 0.6) is 0 Å². The van der Waals surface area contributed by atoms with E-state index in [9.17, 15) is 9.90 Å². The van der Waals surface area contributed by atoms with Crippen LogP contribution in [0.1, 0.15) is 36.0 Å². The van der Waals surface area contributed by atoms with Gasteiger partial charge in [0, 0.05) is 12.2 Å². The molecular formula is C13H17NO3. The molecule has 1 aliphatic carbocycles. The third kappa shape index (κ3) is 2.97. The average Bonchev–Trinajstić information content (AvgIpc) is 2.75. The summed E-state index contributed by atoms with van der Waals surface area (Å²) in [6.45, 7) is 0.527. The van der Waals surface area contributed by atoms with E-state index in [-0.39, 0.29) is 5.56 Å². The lowest BCUT2D eigenvalue weighted by molar-refractivity contribution is 0.0614. The number of hydrogen-bond acceptors (Lipinski definition) is 3. The van der Waals surface area contributed by atoms with Crippen molar-refractivity contribution < 1.29 is 15.0 Å². The van der Waals surface area contributed by atoms with Crippen LogP contribution in [0.4, 0.5) is 5.69 Å². The van der Waals surface area contributed by atoms with Crippen LogP contribution in [0.3, 0.4) is 0 Å². The van der Waals surface area contributed by atoms with Gasteiger partial charge in [-0.1, -0.05) is 12.8 Å². The first-order valence-corrected chi connectivity index (χ1v) is 5.89. The van der Waals surface area contributed by atoms with Gasteiger partial charge in [0.1, 0.15) is 0 Å². The molecule has 0 aromatic heterocycles. The van der Waals surface area contributed by atoms with E-state index in [1.807, 2.05) is 0 Å². The molecule has 1 saturated carbocycles. The van der Waals surface area contributed by atoms with Crippen LogP contribution in [-0.4, -0.2) is 28.3 Å². The Hall–Kier alpha value is -1.55. The molecule has 2 rings (SSSR count). The number of hydrogen-bond donors (Lipinski definition) is 3. The number of carboxylic acid groups (broad SMARTS) is 1. The van der Waals surface area contributed by atoms with E-state index < -0.39 is 11.6 Å². The summed E-state index contributed by atoms with van der Waals surface area (Å²) >= 11 is 0. The van der Waals surface area contributed by atoms with Crippen LogP contribution in [0.25, 0.3) is 0 Å². The van der Waals surface area contributed by atoms with Gasteiger partial charge in [-0.15, -0.1) is 0 Å². The number of carboxylic acids is 1. The van der Waals surface area contributed by atoms with E-state index in [2.05, 4.69) is 5.32 Å². The van der Waals surface area contributed by atoms with Crippen LogP contribution >= 0.6 is 0 Å². The summed E-state index contributed by atoms with van der Waals surface area (Å²) in [6.07, 6.45) is 3.84. The molecule has 0 amide bonds. The highest BCUT2D eigenvalue weighted by Gasteiger charge is 2.30. The summed E-state index contributed by atoms with van der Waals surface area (Å²) in [4.78, 5) is 10.7. The molecule has 4 heteroatoms. The maximum absolute atomic E-state index is 10.7. The van der Waals surface area contributed by atoms with Gasteiger partial charge in [-0.25, -0.2) is 4.79 Å². The summed E-state index contributed by atoms with van der Waals surface area (Å²) in [5.41, 5.74) is 0.524. The minimum Gasteiger partial charge on any atom is -0.478 e. The van der Waals surface area contributed by atoms with Gasteiger partial charge in [0.15, 0.2) is 0 Å². The monoisotopic (exact) mass is 235 g/mol. The van der Waals surface area contributed by atoms with Gasteiger partial charge < -0.3 is 15.5 Å². The zero-order valence-electron chi connectivity index (χ0n) is 9.65. The number of anilines is 1. The molecule has 0 heterocycles.